The maximum Gasteiger partial charge on any atom is 0.254 e. The van der Waals surface area contributed by atoms with Crippen LogP contribution in [0.15, 0.2) is 48.5 Å². The van der Waals surface area contributed by atoms with Crippen molar-refractivity contribution in [3.63, 3.8) is 0 Å². The van der Waals surface area contributed by atoms with E-state index < -0.39 is 0 Å². The predicted octanol–water partition coefficient (Wildman–Crippen LogP) is 4.33. The lowest BCUT2D eigenvalue weighted by Gasteiger charge is -2.35. The predicted molar refractivity (Wildman–Crippen MR) is 108 cm³/mol. The van der Waals surface area contributed by atoms with Gasteiger partial charge in [0.2, 0.25) is 0 Å². The SMILES string of the molecule is CCC1CCCCN1C(=O)c1cccc(C(=O)NCc2ccccc2C)c1. The number of carbonyl (C=O) groups is 2. The molecule has 0 radical (unpaired) electrons. The molecule has 4 heteroatoms. The van der Waals surface area contributed by atoms with Crippen LogP contribution in [0.25, 0.3) is 0 Å². The lowest BCUT2D eigenvalue weighted by molar-refractivity contribution is 0.0608. The number of hydrogen-bond acceptors (Lipinski definition) is 2. The number of nitrogens with one attached hydrogen (secondary N) is 1. The highest BCUT2D eigenvalue weighted by Crippen LogP contribution is 2.22. The third-order valence-electron chi connectivity index (χ3n) is 5.43. The fourth-order valence-electron chi connectivity index (χ4n) is 3.74. The first-order valence-corrected chi connectivity index (χ1v) is 9.84. The lowest BCUT2D eigenvalue weighted by Crippen LogP contribution is -2.43. The molecule has 0 aromatic heterocycles. The molecule has 27 heavy (non-hydrogen) atoms. The summed E-state index contributed by atoms with van der Waals surface area (Å²) in [4.78, 5) is 27.5. The first kappa shape index (κ1) is 19.2. The van der Waals surface area contributed by atoms with E-state index >= 15 is 0 Å². The topological polar surface area (TPSA) is 49.4 Å². The van der Waals surface area contributed by atoms with Gasteiger partial charge >= 0.3 is 0 Å². The molecule has 2 aromatic carbocycles. The second-order valence-electron chi connectivity index (χ2n) is 7.25. The standard InChI is InChI=1S/C23H28N2O2/c1-3-21-13-6-7-14-25(21)23(27)19-12-8-11-18(15-19)22(26)24-16-20-10-5-4-9-17(20)2/h4-5,8-12,15,21H,3,6-7,13-14,16H2,1-2H3,(H,24,26). The zero-order chi connectivity index (χ0) is 19.2. The summed E-state index contributed by atoms with van der Waals surface area (Å²) in [5.74, 6) is -0.117. The van der Waals surface area contributed by atoms with Gasteiger partial charge in [-0.25, -0.2) is 0 Å². The van der Waals surface area contributed by atoms with E-state index in [2.05, 4.69) is 12.2 Å². The van der Waals surface area contributed by atoms with E-state index in [4.69, 9.17) is 0 Å². The Bertz CT molecular complexity index is 816. The Morgan fingerprint density at radius 3 is 2.63 bits per heavy atom. The molecule has 1 aliphatic rings. The molecule has 1 N–H and O–H groups in total. The molecule has 1 heterocycles. The molecule has 2 amide bonds. The molecular formula is C23H28N2O2. The number of piperidine rings is 1. The summed E-state index contributed by atoms with van der Waals surface area (Å²) in [6, 6.07) is 15.4. The molecule has 0 saturated carbocycles. The minimum absolute atomic E-state index is 0.0371. The van der Waals surface area contributed by atoms with Crippen LogP contribution < -0.4 is 5.32 Å². The quantitative estimate of drug-likeness (QED) is 0.858. The minimum Gasteiger partial charge on any atom is -0.348 e. The zero-order valence-corrected chi connectivity index (χ0v) is 16.2. The van der Waals surface area contributed by atoms with Gasteiger partial charge < -0.3 is 10.2 Å². The van der Waals surface area contributed by atoms with Gasteiger partial charge in [-0.3, -0.25) is 9.59 Å². The molecule has 4 nitrogen and oxygen atoms in total. The number of benzene rings is 2. The second-order valence-corrected chi connectivity index (χ2v) is 7.25. The molecule has 3 rings (SSSR count). The van der Waals surface area contributed by atoms with Crippen LogP contribution in [0.5, 0.6) is 0 Å². The van der Waals surface area contributed by atoms with Crippen molar-refractivity contribution in [1.82, 2.24) is 10.2 Å². The normalized spacial score (nSPS) is 16.8. The van der Waals surface area contributed by atoms with Crippen molar-refractivity contribution in [1.29, 1.82) is 0 Å². The summed E-state index contributed by atoms with van der Waals surface area (Å²) in [5.41, 5.74) is 3.37. The van der Waals surface area contributed by atoms with Crippen LogP contribution in [0.4, 0.5) is 0 Å². The highest BCUT2D eigenvalue weighted by atomic mass is 16.2. The Morgan fingerprint density at radius 1 is 1.07 bits per heavy atom. The van der Waals surface area contributed by atoms with Crippen molar-refractivity contribution in [2.75, 3.05) is 6.54 Å². The number of rotatable bonds is 5. The zero-order valence-electron chi connectivity index (χ0n) is 16.2. The highest BCUT2D eigenvalue weighted by Gasteiger charge is 2.26. The molecule has 142 valence electrons. The summed E-state index contributed by atoms with van der Waals surface area (Å²) in [5, 5.41) is 2.96. The summed E-state index contributed by atoms with van der Waals surface area (Å²) in [7, 11) is 0. The Labute approximate surface area is 161 Å². The molecular weight excluding hydrogens is 336 g/mol. The third kappa shape index (κ3) is 4.57. The van der Waals surface area contributed by atoms with Gasteiger partial charge in [0, 0.05) is 30.3 Å². The van der Waals surface area contributed by atoms with Crippen molar-refractivity contribution >= 4 is 11.8 Å². The van der Waals surface area contributed by atoms with Gasteiger partial charge in [-0.05, 0) is 61.9 Å². The largest absolute Gasteiger partial charge is 0.348 e. The summed E-state index contributed by atoms with van der Waals surface area (Å²) in [6.45, 7) is 5.45. The fraction of sp³-hybridized carbons (Fsp3) is 0.391. The Kier molecular flexibility index (Phi) is 6.28. The lowest BCUT2D eigenvalue weighted by atomic mass is 9.98. The molecule has 0 spiro atoms. The van der Waals surface area contributed by atoms with Gasteiger partial charge in [0.1, 0.15) is 0 Å². The van der Waals surface area contributed by atoms with Crippen LogP contribution in [-0.4, -0.2) is 29.3 Å². The number of hydrogen-bond donors (Lipinski definition) is 1. The minimum atomic E-state index is -0.154. The molecule has 0 bridgehead atoms. The Balaban J connectivity index is 1.70. The Morgan fingerprint density at radius 2 is 1.85 bits per heavy atom. The molecule has 0 aliphatic carbocycles. The van der Waals surface area contributed by atoms with E-state index in [-0.39, 0.29) is 11.8 Å². The second kappa shape index (κ2) is 8.85. The van der Waals surface area contributed by atoms with Crippen LogP contribution in [-0.2, 0) is 6.54 Å². The van der Waals surface area contributed by atoms with E-state index in [1.54, 1.807) is 18.2 Å². The van der Waals surface area contributed by atoms with Gasteiger partial charge in [-0.15, -0.1) is 0 Å². The number of carbonyl (C=O) groups excluding carboxylic acids is 2. The van der Waals surface area contributed by atoms with Crippen LogP contribution in [0.2, 0.25) is 0 Å². The molecule has 1 atom stereocenters. The summed E-state index contributed by atoms with van der Waals surface area (Å²) < 4.78 is 0. The first-order valence-electron chi connectivity index (χ1n) is 9.84. The van der Waals surface area contributed by atoms with Gasteiger partial charge in [-0.1, -0.05) is 37.3 Å². The van der Waals surface area contributed by atoms with Gasteiger partial charge in [0.15, 0.2) is 0 Å². The number of amides is 2. The van der Waals surface area contributed by atoms with Crippen LogP contribution >= 0.6 is 0 Å². The maximum absolute atomic E-state index is 13.0. The number of likely N-dealkylation sites (tertiary alicyclic amines) is 1. The maximum atomic E-state index is 13.0. The Hall–Kier alpha value is -2.62. The average Bonchev–Trinajstić information content (AvgIpc) is 2.72. The monoisotopic (exact) mass is 364 g/mol. The summed E-state index contributed by atoms with van der Waals surface area (Å²) >= 11 is 0. The molecule has 1 aliphatic heterocycles. The summed E-state index contributed by atoms with van der Waals surface area (Å²) in [6.07, 6.45) is 4.28. The van der Waals surface area contributed by atoms with Crippen molar-refractivity contribution in [3.05, 3.63) is 70.8 Å². The average molecular weight is 364 g/mol. The van der Waals surface area contributed by atoms with Crippen molar-refractivity contribution in [2.24, 2.45) is 0 Å². The van der Waals surface area contributed by atoms with Crippen LogP contribution in [0.1, 0.15) is 64.4 Å². The number of nitrogens with zero attached hydrogens (tertiary/aromatic N) is 1. The van der Waals surface area contributed by atoms with E-state index in [0.29, 0.717) is 23.7 Å². The highest BCUT2D eigenvalue weighted by molar-refractivity contribution is 5.99. The fourth-order valence-corrected chi connectivity index (χ4v) is 3.74. The van der Waals surface area contributed by atoms with Crippen LogP contribution in [0, 0.1) is 6.92 Å². The van der Waals surface area contributed by atoms with Crippen molar-refractivity contribution in [2.45, 2.75) is 52.1 Å². The van der Waals surface area contributed by atoms with Crippen LogP contribution in [0.3, 0.4) is 0 Å². The first-order chi connectivity index (χ1) is 13.1. The molecule has 1 saturated heterocycles. The van der Waals surface area contributed by atoms with Gasteiger partial charge in [-0.2, -0.15) is 0 Å². The molecule has 1 unspecified atom stereocenters. The van der Waals surface area contributed by atoms with Crippen molar-refractivity contribution < 1.29 is 9.59 Å². The van der Waals surface area contributed by atoms with E-state index in [0.717, 1.165) is 36.9 Å². The molecule has 2 aromatic rings. The van der Waals surface area contributed by atoms with Gasteiger partial charge in [0.05, 0.1) is 0 Å². The van der Waals surface area contributed by atoms with E-state index in [1.807, 2.05) is 42.2 Å². The smallest absolute Gasteiger partial charge is 0.254 e. The van der Waals surface area contributed by atoms with Crippen molar-refractivity contribution in [3.8, 4) is 0 Å². The van der Waals surface area contributed by atoms with E-state index in [9.17, 15) is 9.59 Å². The third-order valence-corrected chi connectivity index (χ3v) is 5.43. The van der Waals surface area contributed by atoms with Gasteiger partial charge in [0.25, 0.3) is 11.8 Å². The van der Waals surface area contributed by atoms with E-state index in [1.165, 1.54) is 6.42 Å². The molecule has 1 fully saturated rings. The number of aryl methyl sites for hydroxylation is 1.